The quantitative estimate of drug-likeness (QED) is 0.182. The van der Waals surface area contributed by atoms with E-state index < -0.39 is 11.6 Å². The number of rotatable bonds is 6. The predicted molar refractivity (Wildman–Crippen MR) is 168 cm³/mol. The first-order valence-electron chi connectivity index (χ1n) is 15.4. The Morgan fingerprint density at radius 3 is 2.55 bits per heavy atom. The summed E-state index contributed by atoms with van der Waals surface area (Å²) in [6.45, 7) is 3.90. The van der Waals surface area contributed by atoms with Crippen molar-refractivity contribution in [2.45, 2.75) is 45.2 Å². The van der Waals surface area contributed by atoms with Gasteiger partial charge in [0, 0.05) is 42.6 Å². The molecule has 5 aromatic rings. The fourth-order valence-corrected chi connectivity index (χ4v) is 7.83. The summed E-state index contributed by atoms with van der Waals surface area (Å²) in [7, 11) is 3.61. The van der Waals surface area contributed by atoms with E-state index in [9.17, 15) is 13.6 Å². The number of halogens is 3. The highest BCUT2D eigenvalue weighted by Crippen LogP contribution is 2.44. The Morgan fingerprint density at radius 2 is 1.86 bits per heavy atom. The van der Waals surface area contributed by atoms with Crippen molar-refractivity contribution in [1.29, 1.82) is 0 Å². The van der Waals surface area contributed by atoms with Crippen molar-refractivity contribution in [3.8, 4) is 28.4 Å². The number of hydrogen-bond acceptors (Lipinski definition) is 3. The number of amides is 1. The third kappa shape index (κ3) is 4.25. The molecule has 1 saturated heterocycles. The average molecular weight is 615 g/mol. The van der Waals surface area contributed by atoms with E-state index in [4.69, 9.17) is 21.3 Å². The maximum absolute atomic E-state index is 14.2. The van der Waals surface area contributed by atoms with E-state index >= 15 is 0 Å². The molecule has 3 unspecified atom stereocenters. The molecule has 3 atom stereocenters. The summed E-state index contributed by atoms with van der Waals surface area (Å²) in [4.78, 5) is 20.9. The number of aromatic nitrogens is 3. The van der Waals surface area contributed by atoms with Crippen LogP contribution in [0.1, 0.15) is 43.0 Å². The predicted octanol–water partition coefficient (Wildman–Crippen LogP) is 8.08. The zero-order valence-corrected chi connectivity index (χ0v) is 25.7. The highest BCUT2D eigenvalue weighted by atomic mass is 35.5. The number of likely N-dealkylation sites (tertiary alicyclic amines) is 1. The second-order valence-electron chi connectivity index (χ2n) is 12.9. The van der Waals surface area contributed by atoms with Crippen LogP contribution in [0.4, 0.5) is 8.78 Å². The fourth-order valence-electron chi connectivity index (χ4n) is 7.62. The summed E-state index contributed by atoms with van der Waals surface area (Å²) in [5.74, 6) is 1.11. The van der Waals surface area contributed by atoms with E-state index in [1.807, 2.05) is 41.9 Å². The fraction of sp³-hybridized carbons (Fsp3) is 0.371. The molecule has 1 aliphatic heterocycles. The number of aryl methyl sites for hydroxylation is 1. The van der Waals surface area contributed by atoms with Gasteiger partial charge in [-0.15, -0.1) is 0 Å². The number of imidazole rings is 1. The van der Waals surface area contributed by atoms with Gasteiger partial charge in [-0.2, -0.15) is 0 Å². The Bertz CT molecular complexity index is 1970. The second kappa shape index (κ2) is 10.1. The molecule has 2 bridgehead atoms. The lowest BCUT2D eigenvalue weighted by molar-refractivity contribution is 0.0696. The molecule has 9 heteroatoms. The van der Waals surface area contributed by atoms with Crippen LogP contribution in [0.15, 0.2) is 48.5 Å². The van der Waals surface area contributed by atoms with Crippen molar-refractivity contribution in [3.63, 3.8) is 0 Å². The topological polar surface area (TPSA) is 52.3 Å². The minimum Gasteiger partial charge on any atom is -0.494 e. The minimum atomic E-state index is -1.04. The number of ether oxygens (including phenoxy) is 1. The van der Waals surface area contributed by atoms with Crippen LogP contribution in [0.25, 0.3) is 44.6 Å². The normalized spacial score (nSPS) is 21.2. The van der Waals surface area contributed by atoms with Crippen LogP contribution in [-0.4, -0.2) is 44.6 Å². The molecule has 226 valence electrons. The number of fused-ring (bicyclic) bond motifs is 4. The number of carbonyl (C=O) groups excluding carboxylic acids is 1. The first-order valence-corrected chi connectivity index (χ1v) is 15.7. The van der Waals surface area contributed by atoms with Gasteiger partial charge in [0.25, 0.3) is 5.91 Å². The Labute approximate surface area is 259 Å². The van der Waals surface area contributed by atoms with Gasteiger partial charge in [0.05, 0.1) is 23.3 Å². The van der Waals surface area contributed by atoms with Gasteiger partial charge in [-0.25, -0.2) is 13.8 Å². The van der Waals surface area contributed by atoms with Gasteiger partial charge >= 0.3 is 0 Å². The zero-order valence-electron chi connectivity index (χ0n) is 24.9. The molecule has 1 amide bonds. The summed E-state index contributed by atoms with van der Waals surface area (Å²) in [5.41, 5.74) is 5.34. The maximum Gasteiger partial charge on any atom is 0.254 e. The molecule has 8 rings (SSSR count). The van der Waals surface area contributed by atoms with Gasteiger partial charge in [-0.3, -0.25) is 4.79 Å². The molecule has 44 heavy (non-hydrogen) atoms. The average Bonchev–Trinajstić information content (AvgIpc) is 3.42. The first-order chi connectivity index (χ1) is 21.2. The van der Waals surface area contributed by atoms with Gasteiger partial charge in [0.1, 0.15) is 11.3 Å². The molecule has 3 heterocycles. The van der Waals surface area contributed by atoms with Gasteiger partial charge in [-0.1, -0.05) is 30.7 Å². The summed E-state index contributed by atoms with van der Waals surface area (Å²) >= 11 is 5.99. The molecular formula is C35H33ClF2N4O2. The second-order valence-corrected chi connectivity index (χ2v) is 13.3. The van der Waals surface area contributed by atoms with Crippen LogP contribution in [0.3, 0.4) is 0 Å². The summed E-state index contributed by atoms with van der Waals surface area (Å²) in [6.07, 6.45) is 4.60. The molecule has 3 aromatic carbocycles. The van der Waals surface area contributed by atoms with Crippen LogP contribution in [0.5, 0.6) is 5.75 Å². The lowest BCUT2D eigenvalue weighted by Crippen LogP contribution is -2.38. The smallest absolute Gasteiger partial charge is 0.254 e. The number of nitrogens with zero attached hydrogens (tertiary/aromatic N) is 4. The van der Waals surface area contributed by atoms with Gasteiger partial charge in [0.15, 0.2) is 17.5 Å². The molecule has 0 spiro atoms. The van der Waals surface area contributed by atoms with E-state index in [0.717, 1.165) is 65.9 Å². The number of methoxy groups -OCH3 is 1. The van der Waals surface area contributed by atoms with Crippen molar-refractivity contribution < 1.29 is 18.3 Å². The van der Waals surface area contributed by atoms with Crippen molar-refractivity contribution in [1.82, 2.24) is 19.0 Å². The summed E-state index contributed by atoms with van der Waals surface area (Å²) in [5, 5.41) is 0.776. The molecular weight excluding hydrogens is 582 g/mol. The van der Waals surface area contributed by atoms with E-state index in [0.29, 0.717) is 46.2 Å². The minimum absolute atomic E-state index is 0.0455. The molecule has 6 nitrogen and oxygen atoms in total. The summed E-state index contributed by atoms with van der Waals surface area (Å²) < 4.78 is 38.3. The molecule has 0 radical (unpaired) electrons. The molecule has 3 fully saturated rings. The number of benzene rings is 3. The Hall–Kier alpha value is -3.91. The first kappa shape index (κ1) is 27.6. The van der Waals surface area contributed by atoms with Crippen molar-refractivity contribution in [2.24, 2.45) is 24.8 Å². The van der Waals surface area contributed by atoms with Crippen LogP contribution < -0.4 is 4.74 Å². The van der Waals surface area contributed by atoms with E-state index in [2.05, 4.69) is 22.5 Å². The van der Waals surface area contributed by atoms with E-state index in [1.54, 1.807) is 7.11 Å². The highest BCUT2D eigenvalue weighted by molar-refractivity contribution is 6.31. The standard InChI is InChI=1S/C35H33ClF2N4O2/c1-18-22-8-9-28(18)42(17-22)35(43)24-12-27-33(31(15-24)44-3)40(2)34(39-27)30-14-21-7-6-20(13-29(21)41(30)16-19-4-5-19)23-10-25(36)32(38)26(37)11-23/h6-7,10-15,18-19,22,28H,4-5,8-9,16-17H2,1-3H3. The van der Waals surface area contributed by atoms with Gasteiger partial charge in [-0.05, 0) is 91.0 Å². The maximum atomic E-state index is 14.2. The molecule has 3 aliphatic rings. The van der Waals surface area contributed by atoms with Gasteiger partial charge < -0.3 is 18.8 Å². The Balaban J connectivity index is 1.24. The lowest BCUT2D eigenvalue weighted by atomic mass is 10.0. The monoisotopic (exact) mass is 614 g/mol. The Kier molecular flexibility index (Phi) is 6.32. The third-order valence-electron chi connectivity index (χ3n) is 10.3. The van der Waals surface area contributed by atoms with Crippen LogP contribution >= 0.6 is 11.6 Å². The summed E-state index contributed by atoms with van der Waals surface area (Å²) in [6, 6.07) is 14.7. The molecule has 2 aliphatic carbocycles. The largest absolute Gasteiger partial charge is 0.494 e. The van der Waals surface area contributed by atoms with Crippen molar-refractivity contribution >= 4 is 39.4 Å². The van der Waals surface area contributed by atoms with E-state index in [1.165, 1.54) is 18.6 Å². The molecule has 2 aromatic heterocycles. The van der Waals surface area contributed by atoms with Crippen LogP contribution in [0.2, 0.25) is 5.02 Å². The number of hydrogen-bond donors (Lipinski definition) is 0. The van der Waals surface area contributed by atoms with Crippen LogP contribution in [-0.2, 0) is 13.6 Å². The SMILES string of the molecule is COc1cc(C(=O)N2CC3CCC2C3C)cc2nc(-c3cc4ccc(-c5cc(F)c(F)c(Cl)c5)cc4n3CC3CC3)n(C)c12. The number of piperidine rings is 1. The van der Waals surface area contributed by atoms with Crippen LogP contribution in [0, 0.1) is 29.4 Å². The van der Waals surface area contributed by atoms with Crippen molar-refractivity contribution in [3.05, 3.63) is 70.8 Å². The number of carbonyl (C=O) groups is 1. The zero-order chi connectivity index (χ0) is 30.4. The molecule has 2 saturated carbocycles. The molecule has 0 N–H and O–H groups in total. The lowest BCUT2D eigenvalue weighted by Gasteiger charge is -2.27. The highest BCUT2D eigenvalue weighted by Gasteiger charge is 2.46. The third-order valence-corrected chi connectivity index (χ3v) is 10.5. The van der Waals surface area contributed by atoms with Gasteiger partial charge in [0.2, 0.25) is 0 Å². The van der Waals surface area contributed by atoms with Crippen molar-refractivity contribution in [2.75, 3.05) is 13.7 Å². The Morgan fingerprint density at radius 1 is 1.05 bits per heavy atom. The van der Waals surface area contributed by atoms with E-state index in [-0.39, 0.29) is 10.9 Å².